The number of pyridine rings is 1. The van der Waals surface area contributed by atoms with Crippen molar-refractivity contribution in [3.8, 4) is 10.9 Å². The molecule has 35 heavy (non-hydrogen) atoms. The molecule has 8 heteroatoms. The number of anilines is 1. The highest BCUT2D eigenvalue weighted by molar-refractivity contribution is 7.80. The molecule has 174 valence electrons. The highest BCUT2D eigenvalue weighted by Gasteiger charge is 2.42. The number of aromatic nitrogens is 3. The number of hydrogen-bond acceptors (Lipinski definition) is 5. The van der Waals surface area contributed by atoms with Crippen molar-refractivity contribution in [1.82, 2.24) is 19.9 Å². The lowest BCUT2D eigenvalue weighted by atomic mass is 10.0. The molecular formula is C27H23N5OS2. The Labute approximate surface area is 212 Å². The van der Waals surface area contributed by atoms with E-state index in [1.165, 1.54) is 0 Å². The third kappa shape index (κ3) is 3.94. The predicted molar refractivity (Wildman–Crippen MR) is 144 cm³/mol. The minimum absolute atomic E-state index is 0.127. The van der Waals surface area contributed by atoms with Crippen LogP contribution >= 0.6 is 23.6 Å². The number of para-hydroxylation sites is 1. The van der Waals surface area contributed by atoms with Crippen LogP contribution < -0.4 is 15.0 Å². The fraction of sp³-hybridized carbons (Fsp3) is 0.148. The Morgan fingerprint density at radius 2 is 1.83 bits per heavy atom. The molecule has 6 rings (SSSR count). The van der Waals surface area contributed by atoms with Crippen molar-refractivity contribution in [3.63, 3.8) is 0 Å². The number of thiocarbonyl (C=S) groups is 1. The van der Waals surface area contributed by atoms with Gasteiger partial charge in [0.1, 0.15) is 11.8 Å². The van der Waals surface area contributed by atoms with Gasteiger partial charge in [-0.3, -0.25) is 9.55 Å². The number of ether oxygens (including phenoxy) is 1. The largest absolute Gasteiger partial charge is 0.494 e. The van der Waals surface area contributed by atoms with E-state index in [9.17, 15) is 0 Å². The standard InChI is InChI=1S/C27H23N5OS2/c1-2-33-19-14-12-18(13-15-19)32-25(24(30-26(32)34)21-9-5-6-16-28-21)22-10-7-17-31(22)27-29-20-8-3-4-11-23(20)35-27/h3-17,24-25H,2H2,1H3,(H,30,34)/t24-,25+/m0/s1. The number of rotatable bonds is 6. The Morgan fingerprint density at radius 3 is 2.60 bits per heavy atom. The van der Waals surface area contributed by atoms with Crippen LogP contribution in [0.4, 0.5) is 5.69 Å². The zero-order chi connectivity index (χ0) is 23.8. The summed E-state index contributed by atoms with van der Waals surface area (Å²) in [4.78, 5) is 11.7. The quantitative estimate of drug-likeness (QED) is 0.288. The first-order valence-corrected chi connectivity index (χ1v) is 12.7. The van der Waals surface area contributed by atoms with E-state index in [0.29, 0.717) is 11.7 Å². The molecule has 0 amide bonds. The SMILES string of the molecule is CCOc1ccc(N2C(=S)N[C@@H](c3ccccn3)[C@H]2c2cccn2-c2nc3ccccc3s2)cc1. The molecule has 1 saturated heterocycles. The summed E-state index contributed by atoms with van der Waals surface area (Å²) < 4.78 is 8.99. The Bertz CT molecular complexity index is 1450. The molecule has 1 aliphatic rings. The smallest absolute Gasteiger partial charge is 0.194 e. The summed E-state index contributed by atoms with van der Waals surface area (Å²) in [6.07, 6.45) is 3.89. The van der Waals surface area contributed by atoms with Crippen LogP contribution in [0.3, 0.4) is 0 Å². The normalized spacial score (nSPS) is 17.6. The highest BCUT2D eigenvalue weighted by Crippen LogP contribution is 2.43. The summed E-state index contributed by atoms with van der Waals surface area (Å²) in [7, 11) is 0. The van der Waals surface area contributed by atoms with Gasteiger partial charge in [-0.05, 0) is 79.8 Å². The Hall–Kier alpha value is -3.75. The molecule has 1 N–H and O–H groups in total. The van der Waals surface area contributed by atoms with E-state index in [1.807, 2.05) is 61.7 Å². The third-order valence-electron chi connectivity index (χ3n) is 6.10. The molecule has 0 spiro atoms. The molecule has 0 radical (unpaired) electrons. The minimum atomic E-state index is -0.127. The van der Waals surface area contributed by atoms with E-state index in [4.69, 9.17) is 21.9 Å². The molecule has 3 aromatic heterocycles. The van der Waals surface area contributed by atoms with E-state index in [-0.39, 0.29) is 12.1 Å². The highest BCUT2D eigenvalue weighted by atomic mass is 32.1. The Morgan fingerprint density at radius 1 is 1.00 bits per heavy atom. The molecule has 0 aliphatic carbocycles. The van der Waals surface area contributed by atoms with Gasteiger partial charge in [0, 0.05) is 18.1 Å². The lowest BCUT2D eigenvalue weighted by Crippen LogP contribution is -2.30. The zero-order valence-electron chi connectivity index (χ0n) is 19.0. The van der Waals surface area contributed by atoms with Gasteiger partial charge in [0.15, 0.2) is 10.2 Å². The maximum atomic E-state index is 5.88. The van der Waals surface area contributed by atoms with Crippen molar-refractivity contribution in [2.75, 3.05) is 11.5 Å². The van der Waals surface area contributed by atoms with Crippen LogP contribution in [0, 0.1) is 0 Å². The molecule has 4 heterocycles. The average molecular weight is 498 g/mol. The second-order valence-electron chi connectivity index (χ2n) is 8.19. The molecule has 1 aliphatic heterocycles. The van der Waals surface area contributed by atoms with Crippen molar-refractivity contribution >= 4 is 44.6 Å². The van der Waals surface area contributed by atoms with E-state index < -0.39 is 0 Å². The van der Waals surface area contributed by atoms with Gasteiger partial charge in [0.05, 0.1) is 34.3 Å². The average Bonchev–Trinajstić information content (AvgIpc) is 3.61. The summed E-state index contributed by atoms with van der Waals surface area (Å²) in [5, 5.41) is 5.12. The molecule has 0 bridgehead atoms. The topological polar surface area (TPSA) is 55.2 Å². The number of nitrogens with zero attached hydrogens (tertiary/aromatic N) is 4. The molecule has 1 fully saturated rings. The van der Waals surface area contributed by atoms with Gasteiger partial charge in [0.25, 0.3) is 0 Å². The molecule has 5 aromatic rings. The molecule has 0 saturated carbocycles. The number of thiazole rings is 1. The zero-order valence-corrected chi connectivity index (χ0v) is 20.7. The second-order valence-corrected chi connectivity index (χ2v) is 9.59. The van der Waals surface area contributed by atoms with Crippen molar-refractivity contribution in [2.45, 2.75) is 19.0 Å². The van der Waals surface area contributed by atoms with Gasteiger partial charge in [-0.15, -0.1) is 0 Å². The summed E-state index contributed by atoms with van der Waals surface area (Å²) in [5.41, 5.74) is 4.01. The van der Waals surface area contributed by atoms with Gasteiger partial charge in [-0.1, -0.05) is 29.5 Å². The van der Waals surface area contributed by atoms with Crippen LogP contribution in [0.2, 0.25) is 0 Å². The number of benzene rings is 2. The van der Waals surface area contributed by atoms with Crippen molar-refractivity contribution in [3.05, 3.63) is 103 Å². The minimum Gasteiger partial charge on any atom is -0.494 e. The fourth-order valence-electron chi connectivity index (χ4n) is 4.58. The van der Waals surface area contributed by atoms with Gasteiger partial charge < -0.3 is 15.0 Å². The summed E-state index contributed by atoms with van der Waals surface area (Å²) in [6.45, 7) is 2.61. The van der Waals surface area contributed by atoms with Gasteiger partial charge >= 0.3 is 0 Å². The second kappa shape index (κ2) is 9.13. The van der Waals surface area contributed by atoms with E-state index >= 15 is 0 Å². The summed E-state index contributed by atoms with van der Waals surface area (Å²) >= 11 is 7.56. The van der Waals surface area contributed by atoms with Gasteiger partial charge in [-0.2, -0.15) is 0 Å². The van der Waals surface area contributed by atoms with Crippen LogP contribution in [0.15, 0.2) is 91.3 Å². The maximum absolute atomic E-state index is 5.88. The molecule has 2 atom stereocenters. The molecule has 0 unspecified atom stereocenters. The molecule has 2 aromatic carbocycles. The number of nitrogens with one attached hydrogen (secondary N) is 1. The third-order valence-corrected chi connectivity index (χ3v) is 7.45. The summed E-state index contributed by atoms with van der Waals surface area (Å²) in [5.74, 6) is 0.838. The predicted octanol–water partition coefficient (Wildman–Crippen LogP) is 6.06. The van der Waals surface area contributed by atoms with Crippen LogP contribution in [-0.2, 0) is 0 Å². The fourth-order valence-corrected chi connectivity index (χ4v) is 5.89. The van der Waals surface area contributed by atoms with Crippen LogP contribution in [-0.4, -0.2) is 26.3 Å². The first kappa shape index (κ1) is 21.8. The van der Waals surface area contributed by atoms with Crippen molar-refractivity contribution in [1.29, 1.82) is 0 Å². The first-order valence-electron chi connectivity index (χ1n) is 11.5. The summed E-state index contributed by atoms with van der Waals surface area (Å²) in [6, 6.07) is 26.2. The lowest BCUT2D eigenvalue weighted by Gasteiger charge is -2.28. The van der Waals surface area contributed by atoms with Crippen LogP contribution in [0.1, 0.15) is 30.4 Å². The molecule has 6 nitrogen and oxygen atoms in total. The van der Waals surface area contributed by atoms with E-state index in [1.54, 1.807) is 11.3 Å². The monoisotopic (exact) mass is 497 g/mol. The van der Waals surface area contributed by atoms with Crippen LogP contribution in [0.5, 0.6) is 5.75 Å². The first-order chi connectivity index (χ1) is 17.2. The number of hydrogen-bond donors (Lipinski definition) is 1. The van der Waals surface area contributed by atoms with Gasteiger partial charge in [0.2, 0.25) is 0 Å². The van der Waals surface area contributed by atoms with E-state index in [0.717, 1.165) is 38.2 Å². The Kier molecular flexibility index (Phi) is 5.67. The van der Waals surface area contributed by atoms with Crippen LogP contribution in [0.25, 0.3) is 15.3 Å². The number of fused-ring (bicyclic) bond motifs is 1. The molecular weight excluding hydrogens is 474 g/mol. The van der Waals surface area contributed by atoms with Crippen molar-refractivity contribution < 1.29 is 4.74 Å². The van der Waals surface area contributed by atoms with E-state index in [2.05, 4.69) is 56.3 Å². The Balaban J connectivity index is 1.48. The maximum Gasteiger partial charge on any atom is 0.194 e. The van der Waals surface area contributed by atoms with Gasteiger partial charge in [-0.25, -0.2) is 4.98 Å². The lowest BCUT2D eigenvalue weighted by molar-refractivity contribution is 0.340. The van der Waals surface area contributed by atoms with Crippen molar-refractivity contribution in [2.24, 2.45) is 0 Å².